The van der Waals surface area contributed by atoms with E-state index in [-0.39, 0.29) is 0 Å². The summed E-state index contributed by atoms with van der Waals surface area (Å²) in [6.07, 6.45) is 1.85. The summed E-state index contributed by atoms with van der Waals surface area (Å²) in [5, 5.41) is 10.1. The second kappa shape index (κ2) is 3.49. The van der Waals surface area contributed by atoms with Gasteiger partial charge < -0.3 is 4.57 Å². The van der Waals surface area contributed by atoms with Crippen molar-refractivity contribution >= 4 is 11.3 Å². The van der Waals surface area contributed by atoms with E-state index in [1.807, 2.05) is 20.2 Å². The highest BCUT2D eigenvalue weighted by molar-refractivity contribution is 7.11. The summed E-state index contributed by atoms with van der Waals surface area (Å²) in [4.78, 5) is 4.24. The molecule has 0 bridgehead atoms. The van der Waals surface area contributed by atoms with E-state index >= 15 is 0 Å². The predicted molar refractivity (Wildman–Crippen MR) is 55.4 cm³/mol. The van der Waals surface area contributed by atoms with Crippen LogP contribution in [0.25, 0.3) is 0 Å². The molecule has 5 heteroatoms. The molecule has 0 saturated carbocycles. The maximum Gasteiger partial charge on any atom is 0.137 e. The lowest BCUT2D eigenvalue weighted by molar-refractivity contribution is 0.751. The van der Waals surface area contributed by atoms with Crippen molar-refractivity contribution in [2.75, 3.05) is 0 Å². The minimum atomic E-state index is 0.776. The van der Waals surface area contributed by atoms with Crippen molar-refractivity contribution in [3.05, 3.63) is 27.7 Å². The van der Waals surface area contributed by atoms with E-state index in [2.05, 4.69) is 26.7 Å². The molecule has 0 N–H and O–H groups in total. The molecular weight excluding hydrogens is 196 g/mol. The van der Waals surface area contributed by atoms with Gasteiger partial charge in [-0.05, 0) is 20.8 Å². The van der Waals surface area contributed by atoms with Gasteiger partial charge in [0, 0.05) is 5.69 Å². The van der Waals surface area contributed by atoms with Crippen LogP contribution < -0.4 is 0 Å². The van der Waals surface area contributed by atoms with Gasteiger partial charge in [0.15, 0.2) is 0 Å². The first kappa shape index (κ1) is 9.33. The van der Waals surface area contributed by atoms with Crippen LogP contribution in [0.3, 0.4) is 0 Å². The third kappa shape index (κ3) is 1.68. The third-order valence-corrected chi connectivity index (χ3v) is 3.04. The number of aromatic nitrogens is 4. The topological polar surface area (TPSA) is 43.6 Å². The Morgan fingerprint density at radius 2 is 2.07 bits per heavy atom. The minimum absolute atomic E-state index is 0.776. The van der Waals surface area contributed by atoms with Gasteiger partial charge in [-0.2, -0.15) is 0 Å². The molecule has 0 aliphatic carbocycles. The highest BCUT2D eigenvalue weighted by Crippen LogP contribution is 2.12. The van der Waals surface area contributed by atoms with Crippen LogP contribution in [0.2, 0.25) is 0 Å². The molecule has 0 aromatic carbocycles. The van der Waals surface area contributed by atoms with Crippen LogP contribution in [0.4, 0.5) is 0 Å². The van der Waals surface area contributed by atoms with Crippen LogP contribution in [-0.4, -0.2) is 19.7 Å². The zero-order valence-corrected chi connectivity index (χ0v) is 9.30. The van der Waals surface area contributed by atoms with Gasteiger partial charge in [-0.15, -0.1) is 10.2 Å². The SMILES string of the molecule is Cc1nnc(Cn2cnc(C)c2C)s1. The molecule has 14 heavy (non-hydrogen) atoms. The summed E-state index contributed by atoms with van der Waals surface area (Å²) in [5.74, 6) is 0. The van der Waals surface area contributed by atoms with Gasteiger partial charge in [-0.3, -0.25) is 0 Å². The summed E-state index contributed by atoms with van der Waals surface area (Å²) in [6, 6.07) is 0. The number of nitrogens with zero attached hydrogens (tertiary/aromatic N) is 4. The number of aryl methyl sites for hydroxylation is 2. The first-order valence-corrected chi connectivity index (χ1v) is 5.26. The molecule has 4 nitrogen and oxygen atoms in total. The first-order chi connectivity index (χ1) is 6.66. The molecule has 0 aliphatic heterocycles. The molecule has 0 unspecified atom stereocenters. The van der Waals surface area contributed by atoms with Crippen molar-refractivity contribution in [2.45, 2.75) is 27.3 Å². The van der Waals surface area contributed by atoms with E-state index in [1.54, 1.807) is 11.3 Å². The van der Waals surface area contributed by atoms with Crippen LogP contribution in [0, 0.1) is 20.8 Å². The lowest BCUT2D eigenvalue weighted by atomic mass is 10.4. The molecule has 2 rings (SSSR count). The zero-order chi connectivity index (χ0) is 10.1. The Balaban J connectivity index is 2.22. The van der Waals surface area contributed by atoms with Crippen LogP contribution in [-0.2, 0) is 6.54 Å². The van der Waals surface area contributed by atoms with E-state index < -0.39 is 0 Å². The predicted octanol–water partition coefficient (Wildman–Crippen LogP) is 1.71. The minimum Gasteiger partial charge on any atom is -0.328 e. The third-order valence-electron chi connectivity index (χ3n) is 2.22. The van der Waals surface area contributed by atoms with E-state index in [1.165, 1.54) is 5.69 Å². The second-order valence-electron chi connectivity index (χ2n) is 3.26. The average Bonchev–Trinajstić information content (AvgIpc) is 2.67. The van der Waals surface area contributed by atoms with Gasteiger partial charge >= 0.3 is 0 Å². The highest BCUT2D eigenvalue weighted by Gasteiger charge is 2.05. The number of hydrogen-bond acceptors (Lipinski definition) is 4. The highest BCUT2D eigenvalue weighted by atomic mass is 32.1. The Morgan fingerprint density at radius 3 is 2.57 bits per heavy atom. The Labute approximate surface area is 86.6 Å². The van der Waals surface area contributed by atoms with Gasteiger partial charge in [0.1, 0.15) is 10.0 Å². The lowest BCUT2D eigenvalue weighted by Crippen LogP contribution is -2.00. The number of imidazole rings is 1. The zero-order valence-electron chi connectivity index (χ0n) is 8.48. The van der Waals surface area contributed by atoms with E-state index in [0.717, 1.165) is 22.3 Å². The fourth-order valence-electron chi connectivity index (χ4n) is 1.25. The van der Waals surface area contributed by atoms with Gasteiger partial charge in [0.2, 0.25) is 0 Å². The van der Waals surface area contributed by atoms with Crippen molar-refractivity contribution in [2.24, 2.45) is 0 Å². The van der Waals surface area contributed by atoms with Crippen molar-refractivity contribution in [3.63, 3.8) is 0 Å². The van der Waals surface area contributed by atoms with E-state index in [4.69, 9.17) is 0 Å². The molecule has 2 heterocycles. The normalized spacial score (nSPS) is 10.8. The van der Waals surface area contributed by atoms with Crippen LogP contribution in [0.5, 0.6) is 0 Å². The maximum atomic E-state index is 4.24. The van der Waals surface area contributed by atoms with Crippen LogP contribution in [0.15, 0.2) is 6.33 Å². The van der Waals surface area contributed by atoms with Crippen LogP contribution >= 0.6 is 11.3 Å². The molecule has 2 aromatic heterocycles. The molecule has 0 amide bonds. The fraction of sp³-hybridized carbons (Fsp3) is 0.444. The Bertz CT molecular complexity index is 443. The van der Waals surface area contributed by atoms with Crippen LogP contribution in [0.1, 0.15) is 21.4 Å². The van der Waals surface area contributed by atoms with Crippen molar-refractivity contribution in [1.29, 1.82) is 0 Å². The number of hydrogen-bond donors (Lipinski definition) is 0. The van der Waals surface area contributed by atoms with Crippen molar-refractivity contribution in [1.82, 2.24) is 19.7 Å². The summed E-state index contributed by atoms with van der Waals surface area (Å²) >= 11 is 1.63. The molecule has 0 radical (unpaired) electrons. The molecule has 0 atom stereocenters. The Kier molecular flexibility index (Phi) is 2.33. The summed E-state index contributed by atoms with van der Waals surface area (Å²) in [6.45, 7) is 6.82. The van der Waals surface area contributed by atoms with Gasteiger partial charge in [0.05, 0.1) is 18.6 Å². The lowest BCUT2D eigenvalue weighted by Gasteiger charge is -2.00. The van der Waals surface area contributed by atoms with Gasteiger partial charge in [-0.25, -0.2) is 4.98 Å². The molecule has 74 valence electrons. The van der Waals surface area contributed by atoms with E-state index in [0.29, 0.717) is 0 Å². The molecule has 0 spiro atoms. The Morgan fingerprint density at radius 1 is 1.29 bits per heavy atom. The Hall–Kier alpha value is -1.23. The summed E-state index contributed by atoms with van der Waals surface area (Å²) < 4.78 is 2.09. The smallest absolute Gasteiger partial charge is 0.137 e. The average molecular weight is 208 g/mol. The van der Waals surface area contributed by atoms with Crippen molar-refractivity contribution in [3.8, 4) is 0 Å². The largest absolute Gasteiger partial charge is 0.328 e. The van der Waals surface area contributed by atoms with E-state index in [9.17, 15) is 0 Å². The number of rotatable bonds is 2. The van der Waals surface area contributed by atoms with Crippen molar-refractivity contribution < 1.29 is 0 Å². The molecule has 0 fully saturated rings. The quantitative estimate of drug-likeness (QED) is 0.754. The molecular formula is C9H12N4S. The standard InChI is InChI=1S/C9H12N4S/c1-6-7(2)13(5-10-6)4-9-12-11-8(3)14-9/h5H,4H2,1-3H3. The second-order valence-corrected chi connectivity index (χ2v) is 4.52. The first-order valence-electron chi connectivity index (χ1n) is 4.44. The molecule has 0 aliphatic rings. The fourth-order valence-corrected chi connectivity index (χ4v) is 1.96. The van der Waals surface area contributed by atoms with Gasteiger partial charge in [-0.1, -0.05) is 11.3 Å². The maximum absolute atomic E-state index is 4.24. The molecule has 2 aromatic rings. The van der Waals surface area contributed by atoms with Gasteiger partial charge in [0.25, 0.3) is 0 Å². The summed E-state index contributed by atoms with van der Waals surface area (Å²) in [7, 11) is 0. The molecule has 0 saturated heterocycles. The monoisotopic (exact) mass is 208 g/mol. The summed E-state index contributed by atoms with van der Waals surface area (Å²) in [5.41, 5.74) is 2.27.